The van der Waals surface area contributed by atoms with Crippen LogP contribution in [0.2, 0.25) is 0 Å². The normalized spacial score (nSPS) is 15.4. The minimum atomic E-state index is -0.721. The maximum atomic E-state index is 13.4. The van der Waals surface area contributed by atoms with Crippen molar-refractivity contribution in [3.05, 3.63) is 84.4 Å². The molecule has 0 spiro atoms. The molecule has 0 unspecified atom stereocenters. The second-order valence-electron chi connectivity index (χ2n) is 7.10. The van der Waals surface area contributed by atoms with E-state index in [1.807, 2.05) is 61.5 Å². The molecule has 0 heterocycles. The number of aliphatic hydroxyl groups excluding tert-OH is 1. The van der Waals surface area contributed by atoms with Crippen LogP contribution in [0.1, 0.15) is 49.8 Å². The van der Waals surface area contributed by atoms with Crippen molar-refractivity contribution in [2.75, 3.05) is 7.05 Å². The summed E-state index contributed by atoms with van der Waals surface area (Å²) in [7, 11) is 1.78. The Hall–Kier alpha value is -2.39. The second-order valence-corrected chi connectivity index (χ2v) is 7.10. The van der Waals surface area contributed by atoms with Crippen molar-refractivity contribution in [3.8, 4) is 0 Å². The van der Waals surface area contributed by atoms with Crippen molar-refractivity contribution in [3.63, 3.8) is 0 Å². The Morgan fingerprint density at radius 3 is 2.07 bits per heavy atom. The van der Waals surface area contributed by atoms with E-state index in [0.29, 0.717) is 6.42 Å². The van der Waals surface area contributed by atoms with E-state index in [2.05, 4.69) is 25.6 Å². The molecule has 0 aliphatic heterocycles. The first-order chi connectivity index (χ1) is 13.0. The van der Waals surface area contributed by atoms with E-state index in [-0.39, 0.29) is 23.8 Å². The van der Waals surface area contributed by atoms with Crippen molar-refractivity contribution >= 4 is 5.91 Å². The summed E-state index contributed by atoms with van der Waals surface area (Å²) in [5.41, 5.74) is 1.99. The highest BCUT2D eigenvalue weighted by atomic mass is 16.3. The zero-order valence-electron chi connectivity index (χ0n) is 16.6. The van der Waals surface area contributed by atoms with Crippen molar-refractivity contribution in [1.29, 1.82) is 0 Å². The van der Waals surface area contributed by atoms with Gasteiger partial charge in [-0.15, -0.1) is 6.58 Å². The van der Waals surface area contributed by atoms with Crippen LogP contribution in [0.3, 0.4) is 0 Å². The molecule has 0 aliphatic carbocycles. The van der Waals surface area contributed by atoms with E-state index in [0.717, 1.165) is 12.0 Å². The third-order valence-corrected chi connectivity index (χ3v) is 5.45. The lowest BCUT2D eigenvalue weighted by Crippen LogP contribution is -2.43. The lowest BCUT2D eigenvalue weighted by Gasteiger charge is -2.34. The zero-order valence-corrected chi connectivity index (χ0v) is 16.6. The molecule has 0 saturated carbocycles. The Morgan fingerprint density at radius 2 is 1.59 bits per heavy atom. The third kappa shape index (κ3) is 5.08. The first-order valence-electron chi connectivity index (χ1n) is 9.66. The maximum Gasteiger partial charge on any atom is 0.226 e. The smallest absolute Gasteiger partial charge is 0.226 e. The molecule has 3 nitrogen and oxygen atoms in total. The Bertz CT molecular complexity index is 714. The quantitative estimate of drug-likeness (QED) is 0.639. The molecular formula is C24H31NO2. The summed E-state index contributed by atoms with van der Waals surface area (Å²) in [6, 6.07) is 19.4. The molecule has 0 radical (unpaired) electrons. The van der Waals surface area contributed by atoms with Crippen LogP contribution < -0.4 is 0 Å². The van der Waals surface area contributed by atoms with Gasteiger partial charge in [0.1, 0.15) is 0 Å². The number of likely N-dealkylation sites (N-methyl/N-ethyl adjacent to an activating group) is 1. The lowest BCUT2D eigenvalue weighted by molar-refractivity contribution is -0.139. The predicted octanol–water partition coefficient (Wildman–Crippen LogP) is 4.95. The molecule has 27 heavy (non-hydrogen) atoms. The first kappa shape index (κ1) is 20.9. The van der Waals surface area contributed by atoms with Crippen LogP contribution in [-0.2, 0) is 4.79 Å². The fraction of sp³-hybridized carbons (Fsp3) is 0.375. The number of amides is 1. The second kappa shape index (κ2) is 10.1. The molecule has 3 heteroatoms. The van der Waals surface area contributed by atoms with Crippen LogP contribution in [0.4, 0.5) is 0 Å². The van der Waals surface area contributed by atoms with E-state index in [9.17, 15) is 9.90 Å². The van der Waals surface area contributed by atoms with Crippen LogP contribution in [0.25, 0.3) is 0 Å². The van der Waals surface area contributed by atoms with Crippen molar-refractivity contribution in [1.82, 2.24) is 4.90 Å². The van der Waals surface area contributed by atoms with Gasteiger partial charge in [0.2, 0.25) is 5.91 Å². The molecule has 144 valence electrons. The summed E-state index contributed by atoms with van der Waals surface area (Å²) < 4.78 is 0. The lowest BCUT2D eigenvalue weighted by atomic mass is 9.81. The fourth-order valence-electron chi connectivity index (χ4n) is 3.67. The number of allylic oxidation sites excluding steroid dienone is 1. The maximum absolute atomic E-state index is 13.4. The summed E-state index contributed by atoms with van der Waals surface area (Å²) in [6.07, 6.45) is 2.59. The van der Waals surface area contributed by atoms with Gasteiger partial charge in [-0.2, -0.15) is 0 Å². The van der Waals surface area contributed by atoms with Gasteiger partial charge >= 0.3 is 0 Å². The molecule has 2 aromatic carbocycles. The average Bonchev–Trinajstić information content (AvgIpc) is 2.73. The van der Waals surface area contributed by atoms with Gasteiger partial charge in [0.05, 0.1) is 12.1 Å². The number of rotatable bonds is 9. The highest BCUT2D eigenvalue weighted by Gasteiger charge is 2.33. The number of nitrogens with zero attached hydrogens (tertiary/aromatic N) is 1. The highest BCUT2D eigenvalue weighted by molar-refractivity contribution is 5.80. The molecule has 0 aliphatic rings. The van der Waals surface area contributed by atoms with E-state index in [1.165, 1.54) is 5.56 Å². The van der Waals surface area contributed by atoms with Crippen LogP contribution in [0.15, 0.2) is 73.3 Å². The number of hydrogen-bond acceptors (Lipinski definition) is 2. The Balaban J connectivity index is 2.23. The van der Waals surface area contributed by atoms with Crippen LogP contribution >= 0.6 is 0 Å². The summed E-state index contributed by atoms with van der Waals surface area (Å²) in [4.78, 5) is 15.0. The van der Waals surface area contributed by atoms with Gasteiger partial charge in [-0.1, -0.05) is 73.7 Å². The van der Waals surface area contributed by atoms with Gasteiger partial charge in [0, 0.05) is 13.0 Å². The molecule has 2 aromatic rings. The molecular weight excluding hydrogens is 334 g/mol. The van der Waals surface area contributed by atoms with Crippen molar-refractivity contribution in [2.24, 2.45) is 5.92 Å². The minimum absolute atomic E-state index is 0.0492. The summed E-state index contributed by atoms with van der Waals surface area (Å²) >= 11 is 0. The standard InChI is InChI=1S/C24H31NO2/c1-5-13-22(21(6-2)19-14-9-7-10-15-19)24(27)25(4)18(3)23(26)20-16-11-8-12-17-20/h5,7-12,14-18,21-23,26H,1,6,13H2,2-4H3/t18-,21-,22-,23+/m0/s1. The van der Waals surface area contributed by atoms with Gasteiger partial charge in [0.15, 0.2) is 0 Å². The Kier molecular flexibility index (Phi) is 7.81. The van der Waals surface area contributed by atoms with E-state index in [1.54, 1.807) is 11.9 Å². The van der Waals surface area contributed by atoms with Crippen molar-refractivity contribution < 1.29 is 9.90 Å². The minimum Gasteiger partial charge on any atom is -0.386 e. The largest absolute Gasteiger partial charge is 0.386 e. The molecule has 0 fully saturated rings. The summed E-state index contributed by atoms with van der Waals surface area (Å²) in [5, 5.41) is 10.7. The fourth-order valence-corrected chi connectivity index (χ4v) is 3.67. The van der Waals surface area contributed by atoms with Gasteiger partial charge in [0.25, 0.3) is 0 Å². The molecule has 0 saturated heterocycles. The van der Waals surface area contributed by atoms with Gasteiger partial charge in [-0.25, -0.2) is 0 Å². The molecule has 0 aromatic heterocycles. The monoisotopic (exact) mass is 365 g/mol. The molecule has 1 N–H and O–H groups in total. The highest BCUT2D eigenvalue weighted by Crippen LogP contribution is 2.33. The number of carbonyl (C=O) groups is 1. The molecule has 4 atom stereocenters. The first-order valence-corrected chi connectivity index (χ1v) is 9.66. The number of carbonyl (C=O) groups excluding carboxylic acids is 1. The van der Waals surface area contributed by atoms with Gasteiger partial charge in [-0.3, -0.25) is 4.79 Å². The predicted molar refractivity (Wildman–Crippen MR) is 111 cm³/mol. The number of hydrogen-bond donors (Lipinski definition) is 1. The SMILES string of the molecule is C=CC[C@H](C(=O)N(C)[C@@H](C)[C@@H](O)c1ccccc1)[C@@H](CC)c1ccccc1. The Morgan fingerprint density at radius 1 is 1.07 bits per heavy atom. The Labute approximate surface area is 163 Å². The van der Waals surface area contributed by atoms with Gasteiger partial charge in [-0.05, 0) is 36.8 Å². The number of aliphatic hydroxyl groups is 1. The van der Waals surface area contributed by atoms with E-state index < -0.39 is 6.10 Å². The molecule has 2 rings (SSSR count). The molecule has 0 bridgehead atoms. The average molecular weight is 366 g/mol. The van der Waals surface area contributed by atoms with Crippen LogP contribution in [0.5, 0.6) is 0 Å². The molecule has 1 amide bonds. The zero-order chi connectivity index (χ0) is 19.8. The van der Waals surface area contributed by atoms with Crippen LogP contribution in [0, 0.1) is 5.92 Å². The van der Waals surface area contributed by atoms with Crippen LogP contribution in [-0.4, -0.2) is 29.0 Å². The van der Waals surface area contributed by atoms with E-state index in [4.69, 9.17) is 0 Å². The van der Waals surface area contributed by atoms with E-state index >= 15 is 0 Å². The number of benzene rings is 2. The van der Waals surface area contributed by atoms with Crippen molar-refractivity contribution in [2.45, 2.75) is 44.8 Å². The topological polar surface area (TPSA) is 40.5 Å². The summed E-state index contributed by atoms with van der Waals surface area (Å²) in [6.45, 7) is 7.87. The summed E-state index contributed by atoms with van der Waals surface area (Å²) in [5.74, 6) is -0.0152. The van der Waals surface area contributed by atoms with Gasteiger partial charge < -0.3 is 10.0 Å². The third-order valence-electron chi connectivity index (χ3n) is 5.45.